The van der Waals surface area contributed by atoms with Gasteiger partial charge in [0, 0.05) is 12.6 Å². The number of hydrogen-bond donors (Lipinski definition) is 1. The predicted molar refractivity (Wildman–Crippen MR) is 117 cm³/mol. The summed E-state index contributed by atoms with van der Waals surface area (Å²) in [6.45, 7) is 2.16. The molecule has 0 aliphatic heterocycles. The summed E-state index contributed by atoms with van der Waals surface area (Å²) >= 11 is 0. The van der Waals surface area contributed by atoms with Crippen molar-refractivity contribution in [1.82, 2.24) is 5.32 Å². The molecule has 30 heavy (non-hydrogen) atoms. The SMILES string of the molecule is C[C@@H](COc1ccccc1)NC(=O)c1cccc(N(C)S(=O)(=O)c2ccccc2)c1. The first-order valence-electron chi connectivity index (χ1n) is 9.50. The molecule has 0 unspecified atom stereocenters. The smallest absolute Gasteiger partial charge is 0.264 e. The maximum atomic E-state index is 12.8. The second kappa shape index (κ2) is 9.45. The Morgan fingerprint density at radius 1 is 0.967 bits per heavy atom. The molecule has 6 nitrogen and oxygen atoms in total. The van der Waals surface area contributed by atoms with Gasteiger partial charge in [0.1, 0.15) is 12.4 Å². The van der Waals surface area contributed by atoms with Gasteiger partial charge in [0.2, 0.25) is 0 Å². The van der Waals surface area contributed by atoms with E-state index < -0.39 is 10.0 Å². The summed E-state index contributed by atoms with van der Waals surface area (Å²) in [4.78, 5) is 12.8. The van der Waals surface area contributed by atoms with E-state index in [4.69, 9.17) is 4.74 Å². The number of amides is 1. The van der Waals surface area contributed by atoms with Crippen LogP contribution in [0.1, 0.15) is 17.3 Å². The molecule has 0 saturated heterocycles. The minimum absolute atomic E-state index is 0.189. The number of hydrogen-bond acceptors (Lipinski definition) is 4. The molecule has 0 spiro atoms. The second-order valence-corrected chi connectivity index (χ2v) is 8.80. The Hall–Kier alpha value is -3.32. The highest BCUT2D eigenvalue weighted by Crippen LogP contribution is 2.22. The third kappa shape index (κ3) is 5.18. The largest absolute Gasteiger partial charge is 0.491 e. The van der Waals surface area contributed by atoms with Gasteiger partial charge in [0.25, 0.3) is 15.9 Å². The fraction of sp³-hybridized carbons (Fsp3) is 0.174. The number of sulfonamides is 1. The van der Waals surface area contributed by atoms with Crippen molar-refractivity contribution in [3.05, 3.63) is 90.5 Å². The van der Waals surface area contributed by atoms with Crippen molar-refractivity contribution in [1.29, 1.82) is 0 Å². The van der Waals surface area contributed by atoms with Crippen molar-refractivity contribution in [2.75, 3.05) is 18.0 Å². The summed E-state index contributed by atoms with van der Waals surface area (Å²) in [6.07, 6.45) is 0. The van der Waals surface area contributed by atoms with Gasteiger partial charge in [-0.3, -0.25) is 9.10 Å². The number of nitrogens with zero attached hydrogens (tertiary/aromatic N) is 1. The van der Waals surface area contributed by atoms with Crippen LogP contribution >= 0.6 is 0 Å². The Bertz CT molecular complexity index is 1090. The van der Waals surface area contributed by atoms with Crippen LogP contribution in [0.2, 0.25) is 0 Å². The number of carbonyl (C=O) groups excluding carboxylic acids is 1. The van der Waals surface area contributed by atoms with Gasteiger partial charge in [0.05, 0.1) is 16.6 Å². The Balaban J connectivity index is 1.67. The summed E-state index contributed by atoms with van der Waals surface area (Å²) in [7, 11) is -2.25. The van der Waals surface area contributed by atoms with Gasteiger partial charge in [-0.15, -0.1) is 0 Å². The van der Waals surface area contributed by atoms with Crippen LogP contribution in [-0.2, 0) is 10.0 Å². The lowest BCUT2D eigenvalue weighted by atomic mass is 10.2. The molecule has 0 bridgehead atoms. The minimum atomic E-state index is -3.72. The molecule has 0 aromatic heterocycles. The zero-order valence-electron chi connectivity index (χ0n) is 16.9. The average Bonchev–Trinajstić information content (AvgIpc) is 2.78. The van der Waals surface area contributed by atoms with Crippen LogP contribution in [0.4, 0.5) is 5.69 Å². The van der Waals surface area contributed by atoms with Gasteiger partial charge in [-0.1, -0.05) is 42.5 Å². The Kier molecular flexibility index (Phi) is 6.74. The molecule has 0 radical (unpaired) electrons. The van der Waals surface area contributed by atoms with E-state index in [1.807, 2.05) is 37.3 Å². The third-order valence-corrected chi connectivity index (χ3v) is 6.29. The quantitative estimate of drug-likeness (QED) is 0.598. The molecule has 3 rings (SSSR count). The monoisotopic (exact) mass is 424 g/mol. The molecule has 156 valence electrons. The van der Waals surface area contributed by atoms with E-state index in [1.54, 1.807) is 42.5 Å². The van der Waals surface area contributed by atoms with E-state index >= 15 is 0 Å². The summed E-state index contributed by atoms with van der Waals surface area (Å²) in [6, 6.07) is 23.8. The molecule has 0 aliphatic carbocycles. The van der Waals surface area contributed by atoms with Crippen molar-refractivity contribution >= 4 is 21.6 Å². The molecule has 3 aromatic carbocycles. The zero-order valence-corrected chi connectivity index (χ0v) is 17.7. The minimum Gasteiger partial charge on any atom is -0.491 e. The molecule has 1 amide bonds. The molecule has 0 aliphatic rings. The van der Waals surface area contributed by atoms with Gasteiger partial charge in [0.15, 0.2) is 0 Å². The van der Waals surface area contributed by atoms with Gasteiger partial charge in [-0.05, 0) is 49.4 Å². The lowest BCUT2D eigenvalue weighted by Crippen LogP contribution is -2.37. The summed E-state index contributed by atoms with van der Waals surface area (Å²) < 4.78 is 32.5. The molecule has 1 N–H and O–H groups in total. The first kappa shape index (κ1) is 21.4. The summed E-state index contributed by atoms with van der Waals surface area (Å²) in [5.74, 6) is 0.430. The van der Waals surface area contributed by atoms with Crippen molar-refractivity contribution in [2.45, 2.75) is 17.9 Å². The molecule has 0 saturated carbocycles. The Labute approximate surface area is 177 Å². The number of para-hydroxylation sites is 1. The molecule has 7 heteroatoms. The van der Waals surface area contributed by atoms with Crippen LogP contribution < -0.4 is 14.4 Å². The Morgan fingerprint density at radius 3 is 2.27 bits per heavy atom. The normalized spacial score (nSPS) is 12.1. The van der Waals surface area contributed by atoms with Crippen LogP contribution in [0.5, 0.6) is 5.75 Å². The number of ether oxygens (including phenoxy) is 1. The van der Waals surface area contributed by atoms with Crippen molar-refractivity contribution < 1.29 is 17.9 Å². The Morgan fingerprint density at radius 2 is 1.60 bits per heavy atom. The van der Waals surface area contributed by atoms with E-state index in [0.717, 1.165) is 5.75 Å². The average molecular weight is 425 g/mol. The van der Waals surface area contributed by atoms with Crippen LogP contribution in [0.25, 0.3) is 0 Å². The van der Waals surface area contributed by atoms with E-state index in [0.29, 0.717) is 17.9 Å². The van der Waals surface area contributed by atoms with E-state index in [-0.39, 0.29) is 16.8 Å². The highest BCUT2D eigenvalue weighted by atomic mass is 32.2. The zero-order chi connectivity index (χ0) is 21.6. The number of anilines is 1. The molecule has 0 heterocycles. The molecular weight excluding hydrogens is 400 g/mol. The van der Waals surface area contributed by atoms with Gasteiger partial charge < -0.3 is 10.1 Å². The fourth-order valence-electron chi connectivity index (χ4n) is 2.82. The highest BCUT2D eigenvalue weighted by molar-refractivity contribution is 7.92. The maximum Gasteiger partial charge on any atom is 0.264 e. The maximum absolute atomic E-state index is 12.8. The molecule has 0 fully saturated rings. The fourth-order valence-corrected chi connectivity index (χ4v) is 4.03. The van der Waals surface area contributed by atoms with Crippen LogP contribution in [-0.4, -0.2) is 34.0 Å². The predicted octanol–water partition coefficient (Wildman–Crippen LogP) is 3.71. The summed E-state index contributed by atoms with van der Waals surface area (Å²) in [5, 5.41) is 2.87. The standard InChI is InChI=1S/C23H24N2O4S/c1-18(17-29-21-12-5-3-6-13-21)24-23(26)19-10-9-11-20(16-19)25(2)30(27,28)22-14-7-4-8-15-22/h3-16,18H,17H2,1-2H3,(H,24,26)/t18-/m0/s1. The molecular formula is C23H24N2O4S. The van der Waals surface area contributed by atoms with Gasteiger partial charge >= 0.3 is 0 Å². The first-order valence-corrected chi connectivity index (χ1v) is 10.9. The second-order valence-electron chi connectivity index (χ2n) is 6.83. The molecule has 3 aromatic rings. The number of benzene rings is 3. The van der Waals surface area contributed by atoms with Crippen molar-refractivity contribution in [2.24, 2.45) is 0 Å². The number of nitrogens with one attached hydrogen (secondary N) is 1. The molecule has 1 atom stereocenters. The van der Waals surface area contributed by atoms with Crippen molar-refractivity contribution in [3.8, 4) is 5.75 Å². The summed E-state index contributed by atoms with van der Waals surface area (Å²) in [5.41, 5.74) is 0.772. The lowest BCUT2D eigenvalue weighted by molar-refractivity contribution is 0.0926. The van der Waals surface area contributed by atoms with Gasteiger partial charge in [-0.25, -0.2) is 8.42 Å². The van der Waals surface area contributed by atoms with Crippen LogP contribution in [0.15, 0.2) is 89.8 Å². The van der Waals surface area contributed by atoms with Gasteiger partial charge in [-0.2, -0.15) is 0 Å². The van der Waals surface area contributed by atoms with Crippen molar-refractivity contribution in [3.63, 3.8) is 0 Å². The number of carbonyl (C=O) groups is 1. The van der Waals surface area contributed by atoms with E-state index in [1.165, 1.54) is 23.5 Å². The van der Waals surface area contributed by atoms with E-state index in [2.05, 4.69) is 5.32 Å². The van der Waals surface area contributed by atoms with Crippen LogP contribution in [0.3, 0.4) is 0 Å². The first-order chi connectivity index (χ1) is 14.4. The topological polar surface area (TPSA) is 75.7 Å². The number of rotatable bonds is 8. The third-order valence-electron chi connectivity index (χ3n) is 4.49. The van der Waals surface area contributed by atoms with Crippen LogP contribution in [0, 0.1) is 0 Å². The lowest BCUT2D eigenvalue weighted by Gasteiger charge is -2.20. The highest BCUT2D eigenvalue weighted by Gasteiger charge is 2.22. The van der Waals surface area contributed by atoms with E-state index in [9.17, 15) is 13.2 Å².